The summed E-state index contributed by atoms with van der Waals surface area (Å²) in [4.78, 5) is 0. The van der Waals surface area contributed by atoms with E-state index in [0.717, 1.165) is 5.39 Å². The fourth-order valence-electron chi connectivity index (χ4n) is 2.25. The number of hydrogen-bond donors (Lipinski definition) is 2. The minimum absolute atomic E-state index is 0.319. The molecule has 3 rings (SSSR count). The predicted octanol–water partition coefficient (Wildman–Crippen LogP) is 4.43. The number of nitrogens with one attached hydrogen (secondary N) is 1. The van der Waals surface area contributed by atoms with E-state index >= 15 is 0 Å². The molecule has 0 fully saturated rings. The Morgan fingerprint density at radius 3 is 2.62 bits per heavy atom. The van der Waals surface area contributed by atoms with E-state index in [9.17, 15) is 4.39 Å². The van der Waals surface area contributed by atoms with Gasteiger partial charge in [-0.1, -0.05) is 41.4 Å². The molecular formula is C15H11Cl2FN2O. The Bertz CT molecular complexity index is 803. The maximum absolute atomic E-state index is 14.1. The van der Waals surface area contributed by atoms with Crippen molar-refractivity contribution in [3.05, 3.63) is 69.7 Å². The standard InChI is InChI=1S/C15H11Cl2FN2O/c16-9-4-5-10(12(18)7-9)14(20-19)13-6-8-2-1-3-11(17)15(8)21-13/h1-7,14,20H,19H2. The van der Waals surface area contributed by atoms with Crippen molar-refractivity contribution in [1.82, 2.24) is 5.43 Å². The summed E-state index contributed by atoms with van der Waals surface area (Å²) in [7, 11) is 0. The second kappa shape index (κ2) is 5.66. The van der Waals surface area contributed by atoms with Crippen molar-refractivity contribution in [3.63, 3.8) is 0 Å². The molecule has 0 radical (unpaired) electrons. The van der Waals surface area contributed by atoms with Crippen molar-refractivity contribution in [2.24, 2.45) is 5.84 Å². The van der Waals surface area contributed by atoms with Gasteiger partial charge in [-0.2, -0.15) is 0 Å². The van der Waals surface area contributed by atoms with Crippen LogP contribution in [0.5, 0.6) is 0 Å². The zero-order chi connectivity index (χ0) is 15.0. The lowest BCUT2D eigenvalue weighted by Gasteiger charge is -2.14. The van der Waals surface area contributed by atoms with Crippen molar-refractivity contribution in [2.45, 2.75) is 6.04 Å². The van der Waals surface area contributed by atoms with Gasteiger partial charge in [0.25, 0.3) is 0 Å². The molecule has 108 valence electrons. The number of benzene rings is 2. The van der Waals surface area contributed by atoms with Crippen molar-refractivity contribution in [3.8, 4) is 0 Å². The van der Waals surface area contributed by atoms with Gasteiger partial charge >= 0.3 is 0 Å². The smallest absolute Gasteiger partial charge is 0.152 e. The molecule has 21 heavy (non-hydrogen) atoms. The van der Waals surface area contributed by atoms with Crippen LogP contribution in [-0.4, -0.2) is 0 Å². The Morgan fingerprint density at radius 1 is 1.14 bits per heavy atom. The Kier molecular flexibility index (Phi) is 3.87. The summed E-state index contributed by atoms with van der Waals surface area (Å²) >= 11 is 11.8. The highest BCUT2D eigenvalue weighted by Gasteiger charge is 2.21. The molecule has 1 heterocycles. The van der Waals surface area contributed by atoms with Gasteiger partial charge in [0.2, 0.25) is 0 Å². The maximum Gasteiger partial charge on any atom is 0.152 e. The first-order chi connectivity index (χ1) is 10.1. The normalized spacial score (nSPS) is 12.8. The number of fused-ring (bicyclic) bond motifs is 1. The van der Waals surface area contributed by atoms with Gasteiger partial charge in [0, 0.05) is 16.0 Å². The van der Waals surface area contributed by atoms with Gasteiger partial charge in [-0.3, -0.25) is 5.84 Å². The fourth-order valence-corrected chi connectivity index (χ4v) is 2.63. The van der Waals surface area contributed by atoms with Crippen LogP contribution >= 0.6 is 23.2 Å². The first kappa shape index (κ1) is 14.4. The van der Waals surface area contributed by atoms with Gasteiger partial charge in [0.1, 0.15) is 17.6 Å². The number of hydrazine groups is 1. The van der Waals surface area contributed by atoms with Crippen LogP contribution in [0.4, 0.5) is 4.39 Å². The van der Waals surface area contributed by atoms with E-state index in [2.05, 4.69) is 5.43 Å². The van der Waals surface area contributed by atoms with E-state index in [1.54, 1.807) is 24.3 Å². The quantitative estimate of drug-likeness (QED) is 0.553. The molecule has 1 aromatic heterocycles. The van der Waals surface area contributed by atoms with Gasteiger partial charge < -0.3 is 4.42 Å². The Morgan fingerprint density at radius 2 is 1.95 bits per heavy atom. The molecule has 2 aromatic carbocycles. The van der Waals surface area contributed by atoms with Crippen LogP contribution in [0.2, 0.25) is 10.0 Å². The Hall–Kier alpha value is -1.59. The highest BCUT2D eigenvalue weighted by Crippen LogP contribution is 2.32. The molecule has 0 saturated carbocycles. The monoisotopic (exact) mass is 324 g/mol. The van der Waals surface area contributed by atoms with Gasteiger partial charge in [0.15, 0.2) is 5.58 Å². The minimum atomic E-state index is -0.634. The molecule has 0 aliphatic heterocycles. The van der Waals surface area contributed by atoms with Crippen molar-refractivity contribution < 1.29 is 8.81 Å². The molecule has 0 aliphatic carbocycles. The second-order valence-electron chi connectivity index (χ2n) is 4.57. The van der Waals surface area contributed by atoms with Gasteiger partial charge in [-0.05, 0) is 24.3 Å². The van der Waals surface area contributed by atoms with Crippen molar-refractivity contribution >= 4 is 34.2 Å². The highest BCUT2D eigenvalue weighted by molar-refractivity contribution is 6.34. The summed E-state index contributed by atoms with van der Waals surface area (Å²) in [5.74, 6) is 5.57. The molecule has 0 bridgehead atoms. The van der Waals surface area contributed by atoms with E-state index in [4.69, 9.17) is 33.5 Å². The summed E-state index contributed by atoms with van der Waals surface area (Å²) in [5, 5.41) is 1.64. The number of nitrogens with two attached hydrogens (primary N) is 1. The highest BCUT2D eigenvalue weighted by atomic mass is 35.5. The number of furan rings is 1. The molecule has 0 saturated heterocycles. The third kappa shape index (κ3) is 2.63. The first-order valence-corrected chi connectivity index (χ1v) is 6.95. The van der Waals surface area contributed by atoms with Crippen LogP contribution < -0.4 is 11.3 Å². The fraction of sp³-hybridized carbons (Fsp3) is 0.0667. The zero-order valence-electron chi connectivity index (χ0n) is 10.7. The molecule has 1 unspecified atom stereocenters. The maximum atomic E-state index is 14.1. The number of halogens is 3. The van der Waals surface area contributed by atoms with Crippen LogP contribution in [0.3, 0.4) is 0 Å². The van der Waals surface area contributed by atoms with Crippen molar-refractivity contribution in [1.29, 1.82) is 0 Å². The van der Waals surface area contributed by atoms with Crippen LogP contribution in [-0.2, 0) is 0 Å². The summed E-state index contributed by atoms with van der Waals surface area (Å²) in [6.07, 6.45) is 0. The number of rotatable bonds is 3. The van der Waals surface area contributed by atoms with Crippen LogP contribution in [0, 0.1) is 5.82 Å². The summed E-state index contributed by atoms with van der Waals surface area (Å²) in [6.45, 7) is 0. The molecular weight excluding hydrogens is 314 g/mol. The number of hydrogen-bond acceptors (Lipinski definition) is 3. The summed E-state index contributed by atoms with van der Waals surface area (Å²) in [5.41, 5.74) is 3.45. The average molecular weight is 325 g/mol. The van der Waals surface area contributed by atoms with E-state index in [0.29, 0.717) is 27.0 Å². The first-order valence-electron chi connectivity index (χ1n) is 6.19. The predicted molar refractivity (Wildman–Crippen MR) is 81.8 cm³/mol. The van der Waals surface area contributed by atoms with Crippen LogP contribution in [0.1, 0.15) is 17.4 Å². The Labute approximate surface area is 130 Å². The van der Waals surface area contributed by atoms with Gasteiger partial charge in [-0.15, -0.1) is 0 Å². The third-order valence-electron chi connectivity index (χ3n) is 3.24. The summed E-state index contributed by atoms with van der Waals surface area (Å²) in [6, 6.07) is 10.9. The molecule has 0 spiro atoms. The van der Waals surface area contributed by atoms with E-state index in [1.165, 1.54) is 6.07 Å². The van der Waals surface area contributed by atoms with Gasteiger partial charge in [0.05, 0.1) is 5.02 Å². The lowest BCUT2D eigenvalue weighted by molar-refractivity contribution is 0.463. The van der Waals surface area contributed by atoms with Gasteiger partial charge in [-0.25, -0.2) is 9.82 Å². The van der Waals surface area contributed by atoms with E-state index < -0.39 is 11.9 Å². The molecule has 3 nitrogen and oxygen atoms in total. The zero-order valence-corrected chi connectivity index (χ0v) is 12.3. The average Bonchev–Trinajstić information content (AvgIpc) is 2.87. The summed E-state index contributed by atoms with van der Waals surface area (Å²) < 4.78 is 19.8. The largest absolute Gasteiger partial charge is 0.457 e. The topological polar surface area (TPSA) is 51.2 Å². The lowest BCUT2D eigenvalue weighted by Crippen LogP contribution is -2.29. The second-order valence-corrected chi connectivity index (χ2v) is 5.42. The van der Waals surface area contributed by atoms with Crippen LogP contribution in [0.25, 0.3) is 11.0 Å². The molecule has 0 aliphatic rings. The molecule has 3 N–H and O–H groups in total. The molecule has 1 atom stereocenters. The number of para-hydroxylation sites is 1. The van der Waals surface area contributed by atoms with Crippen LogP contribution in [0.15, 0.2) is 46.9 Å². The SMILES string of the molecule is NNC(c1cc2cccc(Cl)c2o1)c1ccc(Cl)cc1F. The third-order valence-corrected chi connectivity index (χ3v) is 3.77. The molecule has 6 heteroatoms. The lowest BCUT2D eigenvalue weighted by atomic mass is 10.0. The van der Waals surface area contributed by atoms with E-state index in [1.807, 2.05) is 12.1 Å². The molecule has 3 aromatic rings. The van der Waals surface area contributed by atoms with Crippen molar-refractivity contribution in [2.75, 3.05) is 0 Å². The minimum Gasteiger partial charge on any atom is -0.457 e. The molecule has 0 amide bonds. The Balaban J connectivity index is 2.11. The van der Waals surface area contributed by atoms with E-state index in [-0.39, 0.29) is 0 Å².